The minimum atomic E-state index is -3.80. The standard InChI is InChI=1S/C14H21FN2O3S/c15-12-8-11(4-5-13(12)16)21(19,20)17-9-14(10-18)6-2-1-3-7-14/h4-5,8,17-18H,1-3,6-7,9-10,16H2. The quantitative estimate of drug-likeness (QED) is 0.720. The van der Waals surface area contributed by atoms with Crippen LogP contribution in [0.3, 0.4) is 0 Å². The molecule has 1 aromatic rings. The van der Waals surface area contributed by atoms with Crippen LogP contribution in [-0.2, 0) is 10.0 Å². The van der Waals surface area contributed by atoms with Crippen molar-refractivity contribution in [2.24, 2.45) is 5.41 Å². The van der Waals surface area contributed by atoms with Gasteiger partial charge in [-0.3, -0.25) is 0 Å². The van der Waals surface area contributed by atoms with Crippen LogP contribution in [0.15, 0.2) is 23.1 Å². The van der Waals surface area contributed by atoms with Crippen molar-refractivity contribution in [1.82, 2.24) is 4.72 Å². The molecule has 0 unspecified atom stereocenters. The molecule has 0 heterocycles. The number of nitrogens with two attached hydrogens (primary N) is 1. The lowest BCUT2D eigenvalue weighted by atomic mass is 9.75. The fourth-order valence-electron chi connectivity index (χ4n) is 2.70. The Bertz CT molecular complexity index is 598. The minimum absolute atomic E-state index is 0.0500. The third kappa shape index (κ3) is 3.72. The Balaban J connectivity index is 2.11. The molecule has 7 heteroatoms. The van der Waals surface area contributed by atoms with Crippen molar-refractivity contribution in [1.29, 1.82) is 0 Å². The molecule has 2 rings (SSSR count). The molecule has 1 saturated carbocycles. The Morgan fingerprint density at radius 2 is 1.95 bits per heavy atom. The zero-order chi connectivity index (χ0) is 15.5. The number of nitrogen functional groups attached to an aromatic ring is 1. The first-order valence-corrected chi connectivity index (χ1v) is 8.52. The Morgan fingerprint density at radius 1 is 1.29 bits per heavy atom. The minimum Gasteiger partial charge on any atom is -0.396 e. The largest absolute Gasteiger partial charge is 0.396 e. The van der Waals surface area contributed by atoms with E-state index in [1.807, 2.05) is 0 Å². The molecule has 5 nitrogen and oxygen atoms in total. The molecule has 0 aromatic heterocycles. The van der Waals surface area contributed by atoms with Gasteiger partial charge in [-0.2, -0.15) is 0 Å². The van der Waals surface area contributed by atoms with E-state index in [9.17, 15) is 17.9 Å². The first-order valence-electron chi connectivity index (χ1n) is 7.04. The highest BCUT2D eigenvalue weighted by molar-refractivity contribution is 7.89. The van der Waals surface area contributed by atoms with Crippen molar-refractivity contribution in [3.05, 3.63) is 24.0 Å². The van der Waals surface area contributed by atoms with E-state index in [1.165, 1.54) is 12.1 Å². The lowest BCUT2D eigenvalue weighted by Gasteiger charge is -2.35. The number of sulfonamides is 1. The van der Waals surface area contributed by atoms with Gasteiger partial charge < -0.3 is 10.8 Å². The summed E-state index contributed by atoms with van der Waals surface area (Å²) in [5, 5.41) is 9.58. The monoisotopic (exact) mass is 316 g/mol. The third-order valence-electron chi connectivity index (χ3n) is 4.17. The molecule has 1 aliphatic carbocycles. The number of anilines is 1. The zero-order valence-corrected chi connectivity index (χ0v) is 12.6. The average Bonchev–Trinajstić information content (AvgIpc) is 2.49. The summed E-state index contributed by atoms with van der Waals surface area (Å²) < 4.78 is 40.3. The maximum Gasteiger partial charge on any atom is 0.240 e. The second-order valence-electron chi connectivity index (χ2n) is 5.73. The topological polar surface area (TPSA) is 92.4 Å². The van der Waals surface area contributed by atoms with E-state index in [1.54, 1.807) is 0 Å². The molecule has 0 radical (unpaired) electrons. The molecular weight excluding hydrogens is 295 g/mol. The van der Waals surface area contributed by atoms with Crippen LogP contribution >= 0.6 is 0 Å². The number of hydrogen-bond acceptors (Lipinski definition) is 4. The van der Waals surface area contributed by atoms with E-state index in [-0.39, 0.29) is 23.7 Å². The molecule has 1 aromatic carbocycles. The van der Waals surface area contributed by atoms with Gasteiger partial charge in [0.15, 0.2) is 0 Å². The van der Waals surface area contributed by atoms with Crippen molar-refractivity contribution in [2.75, 3.05) is 18.9 Å². The van der Waals surface area contributed by atoms with Gasteiger partial charge in [0.2, 0.25) is 10.0 Å². The van der Waals surface area contributed by atoms with Gasteiger partial charge in [0, 0.05) is 18.6 Å². The smallest absolute Gasteiger partial charge is 0.240 e. The molecule has 4 N–H and O–H groups in total. The molecule has 0 bridgehead atoms. The molecular formula is C14H21FN2O3S. The number of aliphatic hydroxyl groups excluding tert-OH is 1. The van der Waals surface area contributed by atoms with Gasteiger partial charge in [0.1, 0.15) is 5.82 Å². The third-order valence-corrected chi connectivity index (χ3v) is 5.57. The second-order valence-corrected chi connectivity index (χ2v) is 7.49. The molecule has 118 valence electrons. The summed E-state index contributed by atoms with van der Waals surface area (Å²) in [6, 6.07) is 3.41. The summed E-state index contributed by atoms with van der Waals surface area (Å²) in [5.74, 6) is -0.757. The second kappa shape index (κ2) is 6.29. The SMILES string of the molecule is Nc1ccc(S(=O)(=O)NCC2(CO)CCCCC2)cc1F. The Kier molecular flexibility index (Phi) is 4.85. The van der Waals surface area contributed by atoms with Crippen LogP contribution in [0.2, 0.25) is 0 Å². The van der Waals surface area contributed by atoms with Gasteiger partial charge in [0.25, 0.3) is 0 Å². The average molecular weight is 316 g/mol. The summed E-state index contributed by atoms with van der Waals surface area (Å²) >= 11 is 0. The van der Waals surface area contributed by atoms with Gasteiger partial charge in [-0.25, -0.2) is 17.5 Å². The fourth-order valence-corrected chi connectivity index (χ4v) is 3.87. The number of halogens is 1. The van der Waals surface area contributed by atoms with Crippen molar-refractivity contribution >= 4 is 15.7 Å². The van der Waals surface area contributed by atoms with Crippen LogP contribution in [0, 0.1) is 11.2 Å². The Morgan fingerprint density at radius 3 is 2.52 bits per heavy atom. The molecule has 21 heavy (non-hydrogen) atoms. The van der Waals surface area contributed by atoms with E-state index >= 15 is 0 Å². The zero-order valence-electron chi connectivity index (χ0n) is 11.8. The van der Waals surface area contributed by atoms with E-state index < -0.39 is 21.3 Å². The lowest BCUT2D eigenvalue weighted by Crippen LogP contribution is -2.41. The Labute approximate surface area is 124 Å². The molecule has 0 amide bonds. The van der Waals surface area contributed by atoms with Crippen LogP contribution in [0.4, 0.5) is 10.1 Å². The van der Waals surface area contributed by atoms with Crippen molar-refractivity contribution in [2.45, 2.75) is 37.0 Å². The van der Waals surface area contributed by atoms with Crippen LogP contribution in [0.1, 0.15) is 32.1 Å². The van der Waals surface area contributed by atoms with Gasteiger partial charge in [-0.15, -0.1) is 0 Å². The summed E-state index contributed by atoms with van der Waals surface area (Å²) in [7, 11) is -3.80. The number of nitrogens with one attached hydrogen (secondary N) is 1. The van der Waals surface area contributed by atoms with E-state index in [4.69, 9.17) is 5.73 Å². The Hall–Kier alpha value is -1.18. The summed E-state index contributed by atoms with van der Waals surface area (Å²) in [5.41, 5.74) is 4.85. The molecule has 1 aliphatic rings. The molecule has 0 saturated heterocycles. The van der Waals surface area contributed by atoms with Crippen LogP contribution in [0.25, 0.3) is 0 Å². The van der Waals surface area contributed by atoms with Crippen molar-refractivity contribution in [3.8, 4) is 0 Å². The van der Waals surface area contributed by atoms with Crippen LogP contribution < -0.4 is 10.5 Å². The van der Waals surface area contributed by atoms with Crippen molar-refractivity contribution in [3.63, 3.8) is 0 Å². The first kappa shape index (κ1) is 16.2. The van der Waals surface area contributed by atoms with Gasteiger partial charge in [0.05, 0.1) is 10.6 Å². The first-order chi connectivity index (χ1) is 9.88. The molecule has 0 atom stereocenters. The van der Waals surface area contributed by atoms with Crippen molar-refractivity contribution < 1.29 is 17.9 Å². The number of benzene rings is 1. The van der Waals surface area contributed by atoms with E-state index in [0.29, 0.717) is 0 Å². The van der Waals surface area contributed by atoms with Crippen LogP contribution in [-0.4, -0.2) is 26.7 Å². The van der Waals surface area contributed by atoms with Gasteiger partial charge >= 0.3 is 0 Å². The maximum absolute atomic E-state index is 13.4. The fraction of sp³-hybridized carbons (Fsp3) is 0.571. The maximum atomic E-state index is 13.4. The number of hydrogen-bond donors (Lipinski definition) is 3. The number of aliphatic hydroxyl groups is 1. The van der Waals surface area contributed by atoms with Gasteiger partial charge in [-0.1, -0.05) is 19.3 Å². The van der Waals surface area contributed by atoms with E-state index in [0.717, 1.165) is 38.2 Å². The highest BCUT2D eigenvalue weighted by atomic mass is 32.2. The summed E-state index contributed by atoms with van der Waals surface area (Å²) in [4.78, 5) is -0.155. The molecule has 0 aliphatic heterocycles. The predicted octanol–water partition coefficient (Wildman–Crippen LogP) is 1.63. The normalized spacial score (nSPS) is 18.6. The highest BCUT2D eigenvalue weighted by Gasteiger charge is 2.33. The predicted molar refractivity (Wildman–Crippen MR) is 78.6 cm³/mol. The summed E-state index contributed by atoms with van der Waals surface area (Å²) in [6.45, 7) is 0.115. The number of rotatable bonds is 5. The summed E-state index contributed by atoms with van der Waals surface area (Å²) in [6.07, 6.45) is 4.67. The van der Waals surface area contributed by atoms with E-state index in [2.05, 4.69) is 4.72 Å². The lowest BCUT2D eigenvalue weighted by molar-refractivity contribution is 0.0867. The van der Waals surface area contributed by atoms with Crippen LogP contribution in [0.5, 0.6) is 0 Å². The molecule has 1 fully saturated rings. The highest BCUT2D eigenvalue weighted by Crippen LogP contribution is 2.35. The molecule has 0 spiro atoms. The van der Waals surface area contributed by atoms with Gasteiger partial charge in [-0.05, 0) is 31.0 Å².